The number of hydrogen-bond donors (Lipinski definition) is 3. The first-order valence-electron chi connectivity index (χ1n) is 18.3. The molecule has 0 radical (unpaired) electrons. The molecule has 1 saturated heterocycles. The molecule has 6 aromatic rings. The fourth-order valence-electron chi connectivity index (χ4n) is 6.43. The highest BCUT2D eigenvalue weighted by atomic mass is 16.5. The summed E-state index contributed by atoms with van der Waals surface area (Å²) in [5.41, 5.74) is 4.42. The Labute approximate surface area is 320 Å². The van der Waals surface area contributed by atoms with E-state index in [0.29, 0.717) is 42.0 Å². The molecule has 3 aromatic carbocycles. The van der Waals surface area contributed by atoms with E-state index in [9.17, 15) is 9.59 Å². The standard InChI is InChI=1S/C42H45N9O4/c1-26-11-13-30(14-12-26)51-39(20-36(49-51)42(4,5)6)48-41(53)46-33-15-16-35(32-10-8-7-9-31(32)33)54-25-29-17-18-43-37(19-29)47-38-22-44-34(21-45-38)40(52)50-23-27(2)55-28(3)24-50/h7-22,27-28H,23-25H2,1-6H3,(H,43,45,47)(H2,46,48,53)/t27-,28+. The van der Waals surface area contributed by atoms with Gasteiger partial charge in [0, 0.05) is 41.5 Å². The number of pyridine rings is 1. The first kappa shape index (κ1) is 37.0. The van der Waals surface area contributed by atoms with Crippen molar-refractivity contribution in [2.75, 3.05) is 29.0 Å². The molecule has 0 bridgehead atoms. The Morgan fingerprint density at radius 1 is 0.855 bits per heavy atom. The van der Waals surface area contributed by atoms with Crippen molar-refractivity contribution in [2.45, 2.75) is 65.8 Å². The number of nitrogens with zero attached hydrogens (tertiary/aromatic N) is 6. The van der Waals surface area contributed by atoms with Crippen LogP contribution in [0, 0.1) is 6.92 Å². The third-order valence-corrected chi connectivity index (χ3v) is 9.18. The van der Waals surface area contributed by atoms with Gasteiger partial charge >= 0.3 is 6.03 Å². The number of hydrogen-bond acceptors (Lipinski definition) is 9. The number of aromatic nitrogens is 5. The van der Waals surface area contributed by atoms with E-state index in [-0.39, 0.29) is 35.8 Å². The molecule has 0 aliphatic carbocycles. The zero-order chi connectivity index (χ0) is 38.7. The second kappa shape index (κ2) is 15.6. The largest absolute Gasteiger partial charge is 0.488 e. The minimum Gasteiger partial charge on any atom is -0.488 e. The van der Waals surface area contributed by atoms with Crippen LogP contribution in [0.3, 0.4) is 0 Å². The lowest BCUT2D eigenvalue weighted by Gasteiger charge is -2.35. The van der Waals surface area contributed by atoms with Crippen LogP contribution in [0.2, 0.25) is 0 Å². The molecule has 4 heterocycles. The number of amides is 3. The molecule has 1 aliphatic heterocycles. The van der Waals surface area contributed by atoms with Crippen molar-refractivity contribution < 1.29 is 19.1 Å². The number of aryl methyl sites for hydroxylation is 1. The summed E-state index contributed by atoms with van der Waals surface area (Å²) in [5.74, 6) is 2.07. The summed E-state index contributed by atoms with van der Waals surface area (Å²) in [4.78, 5) is 41.4. The highest BCUT2D eigenvalue weighted by Crippen LogP contribution is 2.33. The van der Waals surface area contributed by atoms with Gasteiger partial charge in [-0.1, -0.05) is 62.7 Å². The molecular formula is C42H45N9O4. The van der Waals surface area contributed by atoms with E-state index in [1.54, 1.807) is 15.8 Å². The van der Waals surface area contributed by atoms with Gasteiger partial charge in [0.2, 0.25) is 0 Å². The Morgan fingerprint density at radius 2 is 1.60 bits per heavy atom. The molecule has 0 unspecified atom stereocenters. The van der Waals surface area contributed by atoms with Crippen LogP contribution in [-0.4, -0.2) is 66.9 Å². The molecule has 13 heteroatoms. The van der Waals surface area contributed by atoms with Gasteiger partial charge in [-0.2, -0.15) is 5.10 Å². The first-order chi connectivity index (χ1) is 26.4. The number of anilines is 4. The van der Waals surface area contributed by atoms with E-state index in [4.69, 9.17) is 14.6 Å². The summed E-state index contributed by atoms with van der Waals surface area (Å²) in [6.07, 6.45) is 4.61. The van der Waals surface area contributed by atoms with Crippen LogP contribution in [0.4, 0.5) is 27.9 Å². The van der Waals surface area contributed by atoms with Crippen LogP contribution in [0.25, 0.3) is 16.5 Å². The van der Waals surface area contributed by atoms with Crippen LogP contribution in [-0.2, 0) is 16.8 Å². The maximum atomic E-state index is 13.5. The van der Waals surface area contributed by atoms with Crippen molar-refractivity contribution in [3.8, 4) is 11.4 Å². The number of nitrogens with one attached hydrogen (secondary N) is 3. The van der Waals surface area contributed by atoms with E-state index in [0.717, 1.165) is 33.3 Å². The summed E-state index contributed by atoms with van der Waals surface area (Å²) < 4.78 is 13.8. The minimum atomic E-state index is -0.392. The Bertz CT molecular complexity index is 2310. The van der Waals surface area contributed by atoms with Crippen LogP contribution in [0.15, 0.2) is 97.5 Å². The second-order valence-electron chi connectivity index (χ2n) is 14.9. The van der Waals surface area contributed by atoms with Gasteiger partial charge < -0.3 is 25.0 Å². The number of morpholine rings is 1. The molecular weight excluding hydrogens is 695 g/mol. The second-order valence-corrected chi connectivity index (χ2v) is 14.9. The lowest BCUT2D eigenvalue weighted by atomic mass is 9.92. The quantitative estimate of drug-likeness (QED) is 0.134. The smallest absolute Gasteiger partial charge is 0.324 e. The average molecular weight is 740 g/mol. The van der Waals surface area contributed by atoms with Gasteiger partial charge in [0.25, 0.3) is 5.91 Å². The van der Waals surface area contributed by atoms with Crippen molar-refractivity contribution in [2.24, 2.45) is 0 Å². The molecule has 3 N–H and O–H groups in total. The highest BCUT2D eigenvalue weighted by molar-refractivity contribution is 6.07. The normalized spacial score (nSPS) is 15.8. The third kappa shape index (κ3) is 8.73. The molecule has 282 valence electrons. The molecule has 0 saturated carbocycles. The maximum Gasteiger partial charge on any atom is 0.324 e. The molecule has 1 fully saturated rings. The minimum absolute atomic E-state index is 0.0345. The summed E-state index contributed by atoms with van der Waals surface area (Å²) >= 11 is 0. The van der Waals surface area contributed by atoms with Gasteiger partial charge in [-0.25, -0.2) is 24.4 Å². The number of ether oxygens (including phenoxy) is 2. The summed E-state index contributed by atoms with van der Waals surface area (Å²) in [6, 6.07) is 24.7. The number of urea groups is 1. The van der Waals surface area contributed by atoms with Crippen molar-refractivity contribution in [3.63, 3.8) is 0 Å². The Morgan fingerprint density at radius 3 is 2.31 bits per heavy atom. The Balaban J connectivity index is 1.01. The number of benzene rings is 3. The lowest BCUT2D eigenvalue weighted by molar-refractivity contribution is -0.0587. The summed E-state index contributed by atoms with van der Waals surface area (Å²) in [5, 5.41) is 15.7. The number of fused-ring (bicyclic) bond motifs is 1. The van der Waals surface area contributed by atoms with E-state index in [1.807, 2.05) is 99.6 Å². The highest BCUT2D eigenvalue weighted by Gasteiger charge is 2.27. The summed E-state index contributed by atoms with van der Waals surface area (Å²) in [6.45, 7) is 13.5. The van der Waals surface area contributed by atoms with Crippen molar-refractivity contribution >= 4 is 45.9 Å². The molecule has 55 heavy (non-hydrogen) atoms. The Hall–Kier alpha value is -6.34. The van der Waals surface area contributed by atoms with Gasteiger partial charge in [0.1, 0.15) is 35.5 Å². The Kier molecular flexibility index (Phi) is 10.5. The molecule has 0 spiro atoms. The van der Waals surface area contributed by atoms with Gasteiger partial charge in [-0.15, -0.1) is 0 Å². The van der Waals surface area contributed by atoms with Gasteiger partial charge in [0.05, 0.1) is 41.7 Å². The summed E-state index contributed by atoms with van der Waals surface area (Å²) in [7, 11) is 0. The fraction of sp³-hybridized carbons (Fsp3) is 0.286. The lowest BCUT2D eigenvalue weighted by Crippen LogP contribution is -2.48. The zero-order valence-corrected chi connectivity index (χ0v) is 31.8. The van der Waals surface area contributed by atoms with Crippen LogP contribution in [0.5, 0.6) is 5.75 Å². The van der Waals surface area contributed by atoms with Crippen molar-refractivity contribution in [1.29, 1.82) is 0 Å². The van der Waals surface area contributed by atoms with Gasteiger partial charge in [-0.3, -0.25) is 10.1 Å². The van der Waals surface area contributed by atoms with Crippen molar-refractivity contribution in [1.82, 2.24) is 29.6 Å². The number of carbonyl (C=O) groups excluding carboxylic acids is 2. The molecule has 3 aromatic heterocycles. The molecule has 3 amide bonds. The predicted octanol–water partition coefficient (Wildman–Crippen LogP) is 8.03. The molecule has 7 rings (SSSR count). The predicted molar refractivity (Wildman–Crippen MR) is 213 cm³/mol. The monoisotopic (exact) mass is 739 g/mol. The average Bonchev–Trinajstić information content (AvgIpc) is 3.59. The van der Waals surface area contributed by atoms with E-state index in [2.05, 4.69) is 51.7 Å². The van der Waals surface area contributed by atoms with E-state index >= 15 is 0 Å². The third-order valence-electron chi connectivity index (χ3n) is 9.18. The topological polar surface area (TPSA) is 148 Å². The van der Waals surface area contributed by atoms with Crippen LogP contribution in [0.1, 0.15) is 61.9 Å². The molecule has 2 atom stereocenters. The van der Waals surface area contributed by atoms with Crippen molar-refractivity contribution in [3.05, 3.63) is 120 Å². The van der Waals surface area contributed by atoms with Crippen LogP contribution < -0.4 is 20.7 Å². The van der Waals surface area contributed by atoms with Gasteiger partial charge in [-0.05, 0) is 62.7 Å². The maximum absolute atomic E-state index is 13.5. The number of carbonyl (C=O) groups is 2. The van der Waals surface area contributed by atoms with E-state index in [1.165, 1.54) is 12.4 Å². The van der Waals surface area contributed by atoms with Crippen LogP contribution >= 0.6 is 0 Å². The fourth-order valence-corrected chi connectivity index (χ4v) is 6.43. The number of rotatable bonds is 9. The molecule has 1 aliphatic rings. The zero-order valence-electron chi connectivity index (χ0n) is 31.8. The van der Waals surface area contributed by atoms with Gasteiger partial charge in [0.15, 0.2) is 0 Å². The van der Waals surface area contributed by atoms with E-state index < -0.39 is 6.03 Å². The molecule has 13 nitrogen and oxygen atoms in total. The SMILES string of the molecule is Cc1ccc(-n2nc(C(C)(C)C)cc2NC(=O)Nc2ccc(OCc3ccnc(Nc4cnc(C(=O)N5C[C@@H](C)O[C@@H](C)C5)cn4)c3)c3ccccc23)cc1. The first-order valence-corrected chi connectivity index (χ1v) is 18.3.